The van der Waals surface area contributed by atoms with Gasteiger partial charge in [-0.1, -0.05) is 19.1 Å². The van der Waals surface area contributed by atoms with Gasteiger partial charge in [-0.25, -0.2) is 13.4 Å². The Labute approximate surface area is 127 Å². The normalized spacial score (nSPS) is 12.6. The fraction of sp³-hybridized carbons (Fsp3) is 0.231. The zero-order chi connectivity index (χ0) is 15.5. The average Bonchev–Trinajstić information content (AvgIpc) is 2.87. The van der Waals surface area contributed by atoms with Crippen molar-refractivity contribution in [3.8, 4) is 17.3 Å². The number of nitrogen functional groups attached to an aromatic ring is 1. The summed E-state index contributed by atoms with van der Waals surface area (Å²) < 4.78 is 26.3. The standard InChI is InChI=1S/C13H14N4O2S2/c1-2-11(7-14)21(18,19)17-13-16-12(8-20-13)9-4-3-5-10(15)6-9/h3-6,8,11H,2,15H2,1H3,(H,16,17). The number of nitrogens with one attached hydrogen (secondary N) is 1. The lowest BCUT2D eigenvalue weighted by Gasteiger charge is -2.08. The molecule has 0 saturated heterocycles. The molecule has 1 heterocycles. The Bertz CT molecular complexity index is 777. The van der Waals surface area contributed by atoms with Gasteiger partial charge in [0.15, 0.2) is 10.4 Å². The van der Waals surface area contributed by atoms with Crippen LogP contribution >= 0.6 is 11.3 Å². The molecule has 0 amide bonds. The minimum Gasteiger partial charge on any atom is -0.399 e. The molecule has 8 heteroatoms. The summed E-state index contributed by atoms with van der Waals surface area (Å²) in [5.74, 6) is 0. The van der Waals surface area contributed by atoms with Crippen LogP contribution in [-0.4, -0.2) is 18.7 Å². The highest BCUT2D eigenvalue weighted by atomic mass is 32.2. The molecule has 21 heavy (non-hydrogen) atoms. The summed E-state index contributed by atoms with van der Waals surface area (Å²) in [6.45, 7) is 1.65. The van der Waals surface area contributed by atoms with Gasteiger partial charge in [-0.05, 0) is 18.6 Å². The molecule has 0 radical (unpaired) electrons. The predicted octanol–water partition coefficient (Wildman–Crippen LogP) is 2.44. The number of thiazole rings is 1. The Balaban J connectivity index is 2.24. The number of nitrogens with two attached hydrogens (primary N) is 1. The third-order valence-electron chi connectivity index (χ3n) is 2.81. The van der Waals surface area contributed by atoms with E-state index < -0.39 is 15.3 Å². The van der Waals surface area contributed by atoms with Crippen LogP contribution in [-0.2, 0) is 10.0 Å². The molecule has 1 atom stereocenters. The van der Waals surface area contributed by atoms with Crippen molar-refractivity contribution in [2.45, 2.75) is 18.6 Å². The van der Waals surface area contributed by atoms with Crippen LogP contribution < -0.4 is 10.5 Å². The Morgan fingerprint density at radius 2 is 2.29 bits per heavy atom. The zero-order valence-electron chi connectivity index (χ0n) is 11.3. The fourth-order valence-electron chi connectivity index (χ4n) is 1.72. The van der Waals surface area contributed by atoms with Gasteiger partial charge in [-0.2, -0.15) is 5.26 Å². The van der Waals surface area contributed by atoms with Crippen LogP contribution in [0.2, 0.25) is 0 Å². The van der Waals surface area contributed by atoms with E-state index in [1.165, 1.54) is 0 Å². The van der Waals surface area contributed by atoms with Gasteiger partial charge in [0.25, 0.3) is 10.0 Å². The molecule has 110 valence electrons. The molecule has 1 aromatic carbocycles. The SMILES string of the molecule is CCC(C#N)S(=O)(=O)Nc1nc(-c2cccc(N)c2)cs1. The van der Waals surface area contributed by atoms with E-state index in [4.69, 9.17) is 11.0 Å². The molecule has 6 nitrogen and oxygen atoms in total. The average molecular weight is 322 g/mol. The van der Waals surface area contributed by atoms with Gasteiger partial charge >= 0.3 is 0 Å². The van der Waals surface area contributed by atoms with Gasteiger partial charge in [0, 0.05) is 16.6 Å². The Hall–Kier alpha value is -2.11. The van der Waals surface area contributed by atoms with E-state index in [0.717, 1.165) is 16.9 Å². The minimum atomic E-state index is -3.74. The van der Waals surface area contributed by atoms with Gasteiger partial charge in [-0.15, -0.1) is 11.3 Å². The monoisotopic (exact) mass is 322 g/mol. The van der Waals surface area contributed by atoms with E-state index in [2.05, 4.69) is 9.71 Å². The second-order valence-electron chi connectivity index (χ2n) is 4.34. The van der Waals surface area contributed by atoms with Crippen molar-refractivity contribution < 1.29 is 8.42 Å². The van der Waals surface area contributed by atoms with Crippen molar-refractivity contribution in [2.24, 2.45) is 0 Å². The molecule has 1 aromatic heterocycles. The molecular weight excluding hydrogens is 308 g/mol. The van der Waals surface area contributed by atoms with Crippen LogP contribution in [0.15, 0.2) is 29.6 Å². The van der Waals surface area contributed by atoms with E-state index in [-0.39, 0.29) is 11.6 Å². The molecule has 0 saturated carbocycles. The lowest BCUT2D eigenvalue weighted by Crippen LogP contribution is -2.25. The number of aromatic nitrogens is 1. The van der Waals surface area contributed by atoms with Crippen LogP contribution in [0, 0.1) is 11.3 Å². The zero-order valence-corrected chi connectivity index (χ0v) is 12.9. The summed E-state index contributed by atoms with van der Waals surface area (Å²) in [5, 5.41) is 9.74. The molecule has 0 aliphatic rings. The summed E-state index contributed by atoms with van der Waals surface area (Å²) in [7, 11) is -3.74. The minimum absolute atomic E-state index is 0.222. The first-order chi connectivity index (χ1) is 9.96. The lowest BCUT2D eigenvalue weighted by atomic mass is 10.1. The first kappa shape index (κ1) is 15.3. The molecule has 0 aliphatic heterocycles. The number of sulfonamides is 1. The molecule has 1 unspecified atom stereocenters. The van der Waals surface area contributed by atoms with Gasteiger partial charge in [0.2, 0.25) is 0 Å². The van der Waals surface area contributed by atoms with E-state index in [0.29, 0.717) is 11.4 Å². The van der Waals surface area contributed by atoms with Gasteiger partial charge in [-0.3, -0.25) is 4.72 Å². The van der Waals surface area contributed by atoms with Crippen LogP contribution in [0.3, 0.4) is 0 Å². The van der Waals surface area contributed by atoms with Crippen molar-refractivity contribution in [2.75, 3.05) is 10.5 Å². The number of nitrogens with zero attached hydrogens (tertiary/aromatic N) is 2. The molecule has 0 aliphatic carbocycles. The van der Waals surface area contributed by atoms with Crippen molar-refractivity contribution in [3.63, 3.8) is 0 Å². The van der Waals surface area contributed by atoms with E-state index in [1.807, 2.05) is 6.07 Å². The number of nitriles is 1. The highest BCUT2D eigenvalue weighted by molar-refractivity contribution is 7.93. The number of rotatable bonds is 5. The first-order valence-electron chi connectivity index (χ1n) is 6.19. The van der Waals surface area contributed by atoms with Crippen LogP contribution in [0.4, 0.5) is 10.8 Å². The Morgan fingerprint density at radius 3 is 2.90 bits per heavy atom. The number of anilines is 2. The van der Waals surface area contributed by atoms with Crippen molar-refractivity contribution in [3.05, 3.63) is 29.6 Å². The molecule has 0 spiro atoms. The van der Waals surface area contributed by atoms with Gasteiger partial charge < -0.3 is 5.73 Å². The van der Waals surface area contributed by atoms with E-state index >= 15 is 0 Å². The smallest absolute Gasteiger partial charge is 0.250 e. The lowest BCUT2D eigenvalue weighted by molar-refractivity contribution is 0.593. The number of hydrogen-bond acceptors (Lipinski definition) is 6. The highest BCUT2D eigenvalue weighted by Crippen LogP contribution is 2.27. The third kappa shape index (κ3) is 3.51. The molecule has 2 aromatic rings. The molecule has 0 bridgehead atoms. The second kappa shape index (κ2) is 6.11. The topological polar surface area (TPSA) is 109 Å². The Morgan fingerprint density at radius 1 is 1.52 bits per heavy atom. The molecule has 2 rings (SSSR count). The second-order valence-corrected chi connectivity index (χ2v) is 7.06. The summed E-state index contributed by atoms with van der Waals surface area (Å²) in [6, 6.07) is 8.93. The van der Waals surface area contributed by atoms with Crippen LogP contribution in [0.5, 0.6) is 0 Å². The summed E-state index contributed by atoms with van der Waals surface area (Å²) in [4.78, 5) is 4.22. The quantitative estimate of drug-likeness (QED) is 0.822. The largest absolute Gasteiger partial charge is 0.399 e. The van der Waals surface area contributed by atoms with Crippen LogP contribution in [0.1, 0.15) is 13.3 Å². The summed E-state index contributed by atoms with van der Waals surface area (Å²) >= 11 is 1.16. The van der Waals surface area contributed by atoms with Gasteiger partial charge in [0.05, 0.1) is 11.8 Å². The molecule has 3 N–H and O–H groups in total. The maximum Gasteiger partial charge on any atom is 0.250 e. The van der Waals surface area contributed by atoms with Crippen molar-refractivity contribution in [1.29, 1.82) is 5.26 Å². The maximum atomic E-state index is 12.0. The van der Waals surface area contributed by atoms with E-state index in [9.17, 15) is 8.42 Å². The molecular formula is C13H14N4O2S2. The summed E-state index contributed by atoms with van der Waals surface area (Å²) in [6.07, 6.45) is 0.222. The number of benzene rings is 1. The molecule has 0 fully saturated rings. The van der Waals surface area contributed by atoms with Crippen molar-refractivity contribution >= 4 is 32.2 Å². The van der Waals surface area contributed by atoms with Crippen LogP contribution in [0.25, 0.3) is 11.3 Å². The highest BCUT2D eigenvalue weighted by Gasteiger charge is 2.24. The third-order valence-corrected chi connectivity index (χ3v) is 5.36. The first-order valence-corrected chi connectivity index (χ1v) is 8.61. The predicted molar refractivity (Wildman–Crippen MR) is 84.2 cm³/mol. The Kier molecular flexibility index (Phi) is 4.45. The van der Waals surface area contributed by atoms with E-state index in [1.54, 1.807) is 36.6 Å². The maximum absolute atomic E-state index is 12.0. The fourth-order valence-corrected chi connectivity index (χ4v) is 3.84. The van der Waals surface area contributed by atoms with Crippen molar-refractivity contribution in [1.82, 2.24) is 4.98 Å². The van der Waals surface area contributed by atoms with Gasteiger partial charge in [0.1, 0.15) is 0 Å². The summed E-state index contributed by atoms with van der Waals surface area (Å²) in [5.41, 5.74) is 7.76. The number of hydrogen-bond donors (Lipinski definition) is 2.